The number of benzene rings is 1. The van der Waals surface area contributed by atoms with Gasteiger partial charge in [0.25, 0.3) is 0 Å². The summed E-state index contributed by atoms with van der Waals surface area (Å²) >= 11 is 9.41. The Kier molecular flexibility index (Phi) is 4.96. The predicted octanol–water partition coefficient (Wildman–Crippen LogP) is 3.32. The molecule has 19 heavy (non-hydrogen) atoms. The van der Waals surface area contributed by atoms with Crippen LogP contribution >= 0.6 is 27.5 Å². The fourth-order valence-electron chi connectivity index (χ4n) is 1.96. The lowest BCUT2D eigenvalue weighted by molar-refractivity contribution is 0.549. The van der Waals surface area contributed by atoms with Gasteiger partial charge in [-0.2, -0.15) is 0 Å². The summed E-state index contributed by atoms with van der Waals surface area (Å²) in [7, 11) is 1.89. The molecule has 102 valence electrons. The van der Waals surface area contributed by atoms with E-state index in [1.165, 1.54) is 0 Å². The first-order valence-corrected chi connectivity index (χ1v) is 7.34. The lowest BCUT2D eigenvalue weighted by Gasteiger charge is -2.19. The fourth-order valence-corrected chi connectivity index (χ4v) is 2.64. The number of aromatic nitrogens is 3. The number of nitrogens with one attached hydrogen (secondary N) is 1. The van der Waals surface area contributed by atoms with Crippen LogP contribution in [0.1, 0.15) is 30.6 Å². The molecule has 0 aliphatic heterocycles. The summed E-state index contributed by atoms with van der Waals surface area (Å²) in [4.78, 5) is 0. The van der Waals surface area contributed by atoms with Gasteiger partial charge in [0, 0.05) is 12.1 Å². The molecule has 0 aliphatic carbocycles. The van der Waals surface area contributed by atoms with Gasteiger partial charge < -0.3 is 5.32 Å². The van der Waals surface area contributed by atoms with E-state index in [9.17, 15) is 0 Å². The van der Waals surface area contributed by atoms with Crippen LogP contribution in [0.2, 0.25) is 5.02 Å². The number of hydrogen-bond acceptors (Lipinski definition) is 3. The van der Waals surface area contributed by atoms with Crippen molar-refractivity contribution in [1.82, 2.24) is 20.3 Å². The Morgan fingerprint density at radius 2 is 2.05 bits per heavy atom. The summed E-state index contributed by atoms with van der Waals surface area (Å²) in [5.41, 5.74) is 2.15. The molecule has 1 aromatic carbocycles. The maximum absolute atomic E-state index is 5.95. The second-order valence-corrected chi connectivity index (χ2v) is 5.52. The monoisotopic (exact) mass is 342 g/mol. The molecule has 0 aliphatic rings. The minimum atomic E-state index is 0.0478. The molecule has 2 rings (SSSR count). The molecule has 1 heterocycles. The van der Waals surface area contributed by atoms with Gasteiger partial charge in [-0.15, -0.1) is 5.10 Å². The molecule has 0 saturated heterocycles. The van der Waals surface area contributed by atoms with E-state index < -0.39 is 0 Å². The Morgan fingerprint density at radius 3 is 2.58 bits per heavy atom. The van der Waals surface area contributed by atoms with Crippen LogP contribution in [0.15, 0.2) is 28.9 Å². The molecule has 0 saturated carbocycles. The zero-order valence-corrected chi connectivity index (χ0v) is 13.2. The molecule has 0 radical (unpaired) electrons. The molecule has 4 nitrogen and oxygen atoms in total. The Bertz CT molecular complexity index is 519. The highest BCUT2D eigenvalue weighted by molar-refractivity contribution is 9.10. The van der Waals surface area contributed by atoms with Crippen LogP contribution < -0.4 is 5.32 Å². The summed E-state index contributed by atoms with van der Waals surface area (Å²) in [6.45, 7) is 3.06. The molecule has 0 amide bonds. The van der Waals surface area contributed by atoms with Crippen molar-refractivity contribution >= 4 is 27.5 Å². The first-order chi connectivity index (χ1) is 9.13. The standard InChI is InChI=1S/C13H16BrClN4/c1-3-8-16-11(9-4-6-10(15)7-5-9)12-13(14)17-18-19(12)2/h4-7,11,16H,3,8H2,1-2H3. The van der Waals surface area contributed by atoms with Gasteiger partial charge in [-0.05, 0) is 46.6 Å². The summed E-state index contributed by atoms with van der Waals surface area (Å²) in [5, 5.41) is 12.3. The molecule has 0 bridgehead atoms. The summed E-state index contributed by atoms with van der Waals surface area (Å²) < 4.78 is 2.55. The van der Waals surface area contributed by atoms with Crippen molar-refractivity contribution in [1.29, 1.82) is 0 Å². The number of aryl methyl sites for hydroxylation is 1. The zero-order valence-electron chi connectivity index (χ0n) is 10.9. The van der Waals surface area contributed by atoms with Crippen LogP contribution in [0.25, 0.3) is 0 Å². The Balaban J connectivity index is 2.38. The van der Waals surface area contributed by atoms with Crippen LogP contribution in [0.4, 0.5) is 0 Å². The topological polar surface area (TPSA) is 42.7 Å². The van der Waals surface area contributed by atoms with E-state index in [1.807, 2.05) is 31.3 Å². The summed E-state index contributed by atoms with van der Waals surface area (Å²) in [5.74, 6) is 0. The molecular formula is C13H16BrClN4. The highest BCUT2D eigenvalue weighted by atomic mass is 79.9. The van der Waals surface area contributed by atoms with Gasteiger partial charge in [-0.3, -0.25) is 0 Å². The smallest absolute Gasteiger partial charge is 0.153 e. The van der Waals surface area contributed by atoms with Crippen molar-refractivity contribution in [2.75, 3.05) is 6.54 Å². The molecule has 0 fully saturated rings. The van der Waals surface area contributed by atoms with E-state index in [0.717, 1.165) is 33.8 Å². The van der Waals surface area contributed by atoms with E-state index in [2.05, 4.69) is 38.5 Å². The van der Waals surface area contributed by atoms with Crippen molar-refractivity contribution in [2.24, 2.45) is 7.05 Å². The molecule has 1 aromatic heterocycles. The minimum Gasteiger partial charge on any atom is -0.305 e. The lowest BCUT2D eigenvalue weighted by atomic mass is 10.0. The van der Waals surface area contributed by atoms with E-state index in [-0.39, 0.29) is 6.04 Å². The van der Waals surface area contributed by atoms with E-state index >= 15 is 0 Å². The number of nitrogens with zero attached hydrogens (tertiary/aromatic N) is 3. The summed E-state index contributed by atoms with van der Waals surface area (Å²) in [6, 6.07) is 7.89. The van der Waals surface area contributed by atoms with Crippen LogP contribution in [0.5, 0.6) is 0 Å². The minimum absolute atomic E-state index is 0.0478. The van der Waals surface area contributed by atoms with E-state index in [0.29, 0.717) is 0 Å². The van der Waals surface area contributed by atoms with Gasteiger partial charge in [0.05, 0.1) is 11.7 Å². The van der Waals surface area contributed by atoms with Gasteiger partial charge in [0.2, 0.25) is 0 Å². The number of hydrogen-bond donors (Lipinski definition) is 1. The van der Waals surface area contributed by atoms with Crippen molar-refractivity contribution < 1.29 is 0 Å². The van der Waals surface area contributed by atoms with Crippen LogP contribution in [0, 0.1) is 0 Å². The highest BCUT2D eigenvalue weighted by Gasteiger charge is 2.21. The molecule has 1 atom stereocenters. The van der Waals surface area contributed by atoms with Crippen molar-refractivity contribution in [3.63, 3.8) is 0 Å². The maximum Gasteiger partial charge on any atom is 0.153 e. The van der Waals surface area contributed by atoms with Crippen molar-refractivity contribution in [2.45, 2.75) is 19.4 Å². The predicted molar refractivity (Wildman–Crippen MR) is 80.3 cm³/mol. The Labute approximate surface area is 126 Å². The lowest BCUT2D eigenvalue weighted by Crippen LogP contribution is -2.25. The van der Waals surface area contributed by atoms with Gasteiger partial charge in [0.15, 0.2) is 4.60 Å². The van der Waals surface area contributed by atoms with Crippen molar-refractivity contribution in [3.8, 4) is 0 Å². The Hall–Kier alpha value is -0.910. The fraction of sp³-hybridized carbons (Fsp3) is 0.385. The van der Waals surface area contributed by atoms with Gasteiger partial charge >= 0.3 is 0 Å². The van der Waals surface area contributed by atoms with Crippen LogP contribution in [-0.2, 0) is 7.05 Å². The van der Waals surface area contributed by atoms with Crippen molar-refractivity contribution in [3.05, 3.63) is 45.1 Å². The van der Waals surface area contributed by atoms with Crippen LogP contribution in [0.3, 0.4) is 0 Å². The summed E-state index contributed by atoms with van der Waals surface area (Å²) in [6.07, 6.45) is 1.06. The molecule has 2 aromatic rings. The third-order valence-electron chi connectivity index (χ3n) is 2.90. The second kappa shape index (κ2) is 6.50. The first-order valence-electron chi connectivity index (χ1n) is 6.17. The zero-order chi connectivity index (χ0) is 13.8. The quantitative estimate of drug-likeness (QED) is 0.905. The average molecular weight is 344 g/mol. The second-order valence-electron chi connectivity index (χ2n) is 4.33. The first kappa shape index (κ1) is 14.5. The number of rotatable bonds is 5. The maximum atomic E-state index is 5.95. The third-order valence-corrected chi connectivity index (χ3v) is 3.72. The van der Waals surface area contributed by atoms with Crippen LogP contribution in [-0.4, -0.2) is 21.5 Å². The van der Waals surface area contributed by atoms with Gasteiger partial charge in [-0.1, -0.05) is 35.9 Å². The molecule has 0 spiro atoms. The molecule has 1 N–H and O–H groups in total. The molecule has 6 heteroatoms. The Morgan fingerprint density at radius 1 is 1.37 bits per heavy atom. The molecule has 1 unspecified atom stereocenters. The number of halogens is 2. The molecular weight excluding hydrogens is 328 g/mol. The SMILES string of the molecule is CCCNC(c1ccc(Cl)cc1)c1c(Br)nnn1C. The average Bonchev–Trinajstić information content (AvgIpc) is 2.73. The largest absolute Gasteiger partial charge is 0.305 e. The van der Waals surface area contributed by atoms with E-state index in [1.54, 1.807) is 4.68 Å². The van der Waals surface area contributed by atoms with E-state index in [4.69, 9.17) is 11.6 Å². The highest BCUT2D eigenvalue weighted by Crippen LogP contribution is 2.27. The van der Waals surface area contributed by atoms with Gasteiger partial charge in [-0.25, -0.2) is 4.68 Å². The normalized spacial score (nSPS) is 12.6. The van der Waals surface area contributed by atoms with Gasteiger partial charge in [0.1, 0.15) is 0 Å². The third kappa shape index (κ3) is 3.35.